The van der Waals surface area contributed by atoms with Crippen LogP contribution in [0.4, 0.5) is 13.2 Å². The summed E-state index contributed by atoms with van der Waals surface area (Å²) < 4.78 is 42.1. The van der Waals surface area contributed by atoms with Crippen LogP contribution in [0.1, 0.15) is 33.1 Å². The number of alkyl halides is 3. The van der Waals surface area contributed by atoms with Crippen molar-refractivity contribution >= 4 is 0 Å². The standard InChI is InChI=1S/C13H25F3N2O/c1-11(2)19-9-3-6-17-12-4-7-18(8-5-12)10-13(14,15)16/h11-12,17H,3-10H2,1-2H3. The first-order chi connectivity index (χ1) is 8.87. The molecule has 1 aliphatic heterocycles. The molecular weight excluding hydrogens is 257 g/mol. The number of ether oxygens (including phenoxy) is 1. The summed E-state index contributed by atoms with van der Waals surface area (Å²) in [5.41, 5.74) is 0. The molecule has 0 aromatic carbocycles. The van der Waals surface area contributed by atoms with Crippen molar-refractivity contribution in [3.63, 3.8) is 0 Å². The van der Waals surface area contributed by atoms with E-state index in [4.69, 9.17) is 4.74 Å². The fourth-order valence-corrected chi connectivity index (χ4v) is 2.25. The molecule has 0 unspecified atom stereocenters. The molecule has 0 aromatic heterocycles. The molecule has 1 fully saturated rings. The second-order valence-corrected chi connectivity index (χ2v) is 5.39. The molecule has 1 rings (SSSR count). The maximum Gasteiger partial charge on any atom is 0.401 e. The maximum absolute atomic E-state index is 12.2. The summed E-state index contributed by atoms with van der Waals surface area (Å²) in [4.78, 5) is 1.49. The highest BCUT2D eigenvalue weighted by molar-refractivity contribution is 4.78. The van der Waals surface area contributed by atoms with E-state index in [1.807, 2.05) is 13.8 Å². The molecule has 0 aliphatic carbocycles. The maximum atomic E-state index is 12.2. The van der Waals surface area contributed by atoms with E-state index in [1.165, 1.54) is 4.90 Å². The van der Waals surface area contributed by atoms with Gasteiger partial charge in [-0.3, -0.25) is 4.90 Å². The smallest absolute Gasteiger partial charge is 0.379 e. The average Bonchev–Trinajstić information content (AvgIpc) is 2.28. The zero-order valence-electron chi connectivity index (χ0n) is 11.8. The third kappa shape index (κ3) is 8.44. The Bertz CT molecular complexity index is 239. The van der Waals surface area contributed by atoms with Gasteiger partial charge in [-0.05, 0) is 52.7 Å². The third-order valence-electron chi connectivity index (χ3n) is 3.20. The van der Waals surface area contributed by atoms with E-state index in [0.29, 0.717) is 19.1 Å². The van der Waals surface area contributed by atoms with E-state index in [-0.39, 0.29) is 6.10 Å². The highest BCUT2D eigenvalue weighted by atomic mass is 19.4. The van der Waals surface area contributed by atoms with Gasteiger partial charge in [-0.25, -0.2) is 0 Å². The summed E-state index contributed by atoms with van der Waals surface area (Å²) in [6.45, 7) is 5.89. The topological polar surface area (TPSA) is 24.5 Å². The van der Waals surface area contributed by atoms with Gasteiger partial charge in [0.15, 0.2) is 0 Å². The molecular formula is C13H25F3N2O. The van der Waals surface area contributed by atoms with E-state index < -0.39 is 12.7 Å². The van der Waals surface area contributed by atoms with E-state index in [9.17, 15) is 13.2 Å². The number of rotatable bonds is 7. The quantitative estimate of drug-likeness (QED) is 0.726. The summed E-state index contributed by atoms with van der Waals surface area (Å²) in [5.74, 6) is 0. The van der Waals surface area contributed by atoms with Crippen LogP contribution in [0.25, 0.3) is 0 Å². The Morgan fingerprint density at radius 2 is 1.89 bits per heavy atom. The molecule has 1 saturated heterocycles. The molecule has 0 radical (unpaired) electrons. The van der Waals surface area contributed by atoms with Crippen LogP contribution in [0.2, 0.25) is 0 Å². The number of hydrogen-bond donors (Lipinski definition) is 1. The molecule has 0 aromatic rings. The minimum Gasteiger partial charge on any atom is -0.379 e. The van der Waals surface area contributed by atoms with Crippen molar-refractivity contribution in [2.45, 2.75) is 51.4 Å². The molecule has 1 N–H and O–H groups in total. The minimum atomic E-state index is -4.07. The van der Waals surface area contributed by atoms with Crippen molar-refractivity contribution in [1.82, 2.24) is 10.2 Å². The Hall–Kier alpha value is -0.330. The van der Waals surface area contributed by atoms with Crippen LogP contribution in [-0.4, -0.2) is 56.0 Å². The van der Waals surface area contributed by atoms with E-state index in [0.717, 1.165) is 32.4 Å². The van der Waals surface area contributed by atoms with Gasteiger partial charge >= 0.3 is 6.18 Å². The van der Waals surface area contributed by atoms with Gasteiger partial charge in [0.05, 0.1) is 12.6 Å². The van der Waals surface area contributed by atoms with Gasteiger partial charge in [-0.2, -0.15) is 13.2 Å². The number of nitrogens with zero attached hydrogens (tertiary/aromatic N) is 1. The highest BCUT2D eigenvalue weighted by Gasteiger charge is 2.32. The second kappa shape index (κ2) is 8.07. The monoisotopic (exact) mass is 282 g/mol. The zero-order chi connectivity index (χ0) is 14.3. The third-order valence-corrected chi connectivity index (χ3v) is 3.20. The lowest BCUT2D eigenvalue weighted by Gasteiger charge is -2.32. The van der Waals surface area contributed by atoms with Crippen molar-refractivity contribution in [1.29, 1.82) is 0 Å². The first kappa shape index (κ1) is 16.7. The first-order valence-corrected chi connectivity index (χ1v) is 7.01. The van der Waals surface area contributed by atoms with Crippen LogP contribution in [0.15, 0.2) is 0 Å². The lowest BCUT2D eigenvalue weighted by molar-refractivity contribution is -0.148. The summed E-state index contributed by atoms with van der Waals surface area (Å²) in [7, 11) is 0. The molecule has 0 bridgehead atoms. The summed E-state index contributed by atoms with van der Waals surface area (Å²) >= 11 is 0. The number of likely N-dealkylation sites (tertiary alicyclic amines) is 1. The number of nitrogens with one attached hydrogen (secondary N) is 1. The van der Waals surface area contributed by atoms with Crippen molar-refractivity contribution in [2.24, 2.45) is 0 Å². The molecule has 0 spiro atoms. The number of halogens is 3. The Labute approximate surface area is 113 Å². The van der Waals surface area contributed by atoms with Crippen LogP contribution < -0.4 is 5.32 Å². The van der Waals surface area contributed by atoms with Gasteiger partial charge in [0.1, 0.15) is 0 Å². The largest absolute Gasteiger partial charge is 0.401 e. The van der Waals surface area contributed by atoms with Crippen LogP contribution in [0, 0.1) is 0 Å². The minimum absolute atomic E-state index is 0.255. The lowest BCUT2D eigenvalue weighted by atomic mass is 10.1. The second-order valence-electron chi connectivity index (χ2n) is 5.39. The highest BCUT2D eigenvalue weighted by Crippen LogP contribution is 2.19. The molecule has 1 heterocycles. The van der Waals surface area contributed by atoms with Crippen molar-refractivity contribution in [3.05, 3.63) is 0 Å². The summed E-state index contributed by atoms with van der Waals surface area (Å²) in [6.07, 6.45) is -1.29. The molecule has 0 atom stereocenters. The number of hydrogen-bond acceptors (Lipinski definition) is 3. The predicted molar refractivity (Wildman–Crippen MR) is 69.2 cm³/mol. The van der Waals surface area contributed by atoms with E-state index in [1.54, 1.807) is 0 Å². The molecule has 1 aliphatic rings. The lowest BCUT2D eigenvalue weighted by Crippen LogP contribution is -2.45. The molecule has 6 heteroatoms. The van der Waals surface area contributed by atoms with Gasteiger partial charge in [0, 0.05) is 12.6 Å². The van der Waals surface area contributed by atoms with Crippen molar-refractivity contribution in [2.75, 3.05) is 32.8 Å². The number of piperidine rings is 1. The summed E-state index contributed by atoms with van der Waals surface area (Å²) in [6, 6.07) is 0.350. The van der Waals surface area contributed by atoms with E-state index >= 15 is 0 Å². The SMILES string of the molecule is CC(C)OCCCNC1CCN(CC(F)(F)F)CC1. The van der Waals surface area contributed by atoms with Crippen LogP contribution in [0.3, 0.4) is 0 Å². The Morgan fingerprint density at radius 1 is 1.26 bits per heavy atom. The zero-order valence-corrected chi connectivity index (χ0v) is 11.8. The summed E-state index contributed by atoms with van der Waals surface area (Å²) in [5, 5.41) is 3.39. The average molecular weight is 282 g/mol. The van der Waals surface area contributed by atoms with Crippen molar-refractivity contribution in [3.8, 4) is 0 Å². The van der Waals surface area contributed by atoms with Gasteiger partial charge in [-0.1, -0.05) is 0 Å². The predicted octanol–water partition coefficient (Wildman–Crippen LogP) is 2.42. The van der Waals surface area contributed by atoms with Crippen molar-refractivity contribution < 1.29 is 17.9 Å². The van der Waals surface area contributed by atoms with Gasteiger partial charge < -0.3 is 10.1 Å². The Kier molecular flexibility index (Phi) is 7.10. The molecule has 114 valence electrons. The fourth-order valence-electron chi connectivity index (χ4n) is 2.25. The normalized spacial score (nSPS) is 19.3. The fraction of sp³-hybridized carbons (Fsp3) is 1.00. The molecule has 0 saturated carbocycles. The van der Waals surface area contributed by atoms with E-state index in [2.05, 4.69) is 5.32 Å². The molecule has 3 nitrogen and oxygen atoms in total. The Morgan fingerprint density at radius 3 is 2.42 bits per heavy atom. The molecule has 0 amide bonds. The van der Waals surface area contributed by atoms with Crippen LogP contribution in [0.5, 0.6) is 0 Å². The van der Waals surface area contributed by atoms with Gasteiger partial charge in [0.2, 0.25) is 0 Å². The Balaban J connectivity index is 2.04. The first-order valence-electron chi connectivity index (χ1n) is 7.01. The van der Waals surface area contributed by atoms with Gasteiger partial charge in [0.25, 0.3) is 0 Å². The molecule has 19 heavy (non-hydrogen) atoms. The van der Waals surface area contributed by atoms with Gasteiger partial charge in [-0.15, -0.1) is 0 Å². The van der Waals surface area contributed by atoms with Crippen LogP contribution in [-0.2, 0) is 4.74 Å². The van der Waals surface area contributed by atoms with Crippen LogP contribution >= 0.6 is 0 Å².